The number of hydrogen-bond acceptors (Lipinski definition) is 0. The zero-order chi connectivity index (χ0) is 22.1. The molecular weight excluding hydrogens is 395 g/mol. The van der Waals surface area contributed by atoms with Gasteiger partial charge in [-0.1, -0.05) is 74.0 Å². The third-order valence-corrected chi connectivity index (χ3v) is 5.44. The van der Waals surface area contributed by atoms with Gasteiger partial charge in [0.15, 0.2) is 0 Å². The summed E-state index contributed by atoms with van der Waals surface area (Å²) in [6.45, 7) is 3.18. The quantitative estimate of drug-likeness (QED) is 0.328. The third-order valence-electron chi connectivity index (χ3n) is 5.44. The topological polar surface area (TPSA) is 14.1 Å². The van der Waals surface area contributed by atoms with Crippen LogP contribution in [-0.4, -0.2) is 0 Å². The Morgan fingerprint density at radius 3 is 1.39 bits per heavy atom. The first-order chi connectivity index (χ1) is 14.9. The number of halogens is 3. The molecule has 163 valence electrons. The van der Waals surface area contributed by atoms with Crippen LogP contribution in [0.5, 0.6) is 0 Å². The lowest BCUT2D eigenvalue weighted by molar-refractivity contribution is -0.137. The van der Waals surface area contributed by atoms with Crippen LogP contribution in [0, 0.1) is 0 Å². The molecule has 0 atom stereocenters. The molecule has 0 aliphatic rings. The molecule has 0 aliphatic carbocycles. The Hall–Kier alpha value is -2.59. The molecule has 0 aliphatic heterocycles. The van der Waals surface area contributed by atoms with Crippen molar-refractivity contribution in [3.63, 3.8) is 0 Å². The summed E-state index contributed by atoms with van der Waals surface area (Å²) in [4.78, 5) is 0. The first-order valence-corrected chi connectivity index (χ1v) is 10.9. The highest BCUT2D eigenvalue weighted by Gasteiger charge is 2.29. The number of unbranched alkanes of at least 4 members (excludes halogenated alkanes) is 1. The van der Waals surface area contributed by atoms with Crippen LogP contribution in [0.1, 0.15) is 53.1 Å². The minimum absolute atomic E-state index is 0.411. The van der Waals surface area contributed by atoms with E-state index in [-0.39, 0.29) is 0 Å². The summed E-state index contributed by atoms with van der Waals surface area (Å²) in [6.07, 6.45) is 1.34. The van der Waals surface area contributed by atoms with Crippen molar-refractivity contribution in [2.75, 3.05) is 0 Å². The number of nitrogens with zero attached hydrogens (tertiary/aromatic N) is 1. The molecule has 0 heterocycles. The van der Waals surface area contributed by atoms with Crippen LogP contribution in [0.4, 0.5) is 13.2 Å². The second-order valence-electron chi connectivity index (χ2n) is 7.97. The summed E-state index contributed by atoms with van der Waals surface area (Å²) >= 11 is 0. The molecule has 0 spiro atoms. The van der Waals surface area contributed by atoms with Gasteiger partial charge in [0.1, 0.15) is 0 Å². The molecule has 0 saturated carbocycles. The highest BCUT2D eigenvalue weighted by atomic mass is 19.4. The largest absolute Gasteiger partial charge is 0.416 e. The summed E-state index contributed by atoms with van der Waals surface area (Å²) < 4.78 is 37.8. The highest BCUT2D eigenvalue weighted by molar-refractivity contribution is 5.27. The zero-order valence-electron chi connectivity index (χ0n) is 18.0. The number of hydrogen-bond donors (Lipinski definition) is 0. The first kappa shape index (κ1) is 23.1. The number of aryl methyl sites for hydroxylation is 3. The smallest absolute Gasteiger partial charge is 0.232 e. The van der Waals surface area contributed by atoms with Crippen molar-refractivity contribution in [1.82, 2.24) is 5.32 Å². The van der Waals surface area contributed by atoms with Gasteiger partial charge in [-0.2, -0.15) is 13.2 Å². The summed E-state index contributed by atoms with van der Waals surface area (Å²) in [6, 6.07) is 22.6. The lowest BCUT2D eigenvalue weighted by Crippen LogP contribution is -2.07. The molecule has 4 heteroatoms. The second-order valence-corrected chi connectivity index (χ2v) is 7.97. The average Bonchev–Trinajstić information content (AvgIpc) is 2.77. The Bertz CT molecular complexity index is 911. The highest BCUT2D eigenvalue weighted by Crippen LogP contribution is 2.29. The molecule has 0 unspecified atom stereocenters. The van der Waals surface area contributed by atoms with Crippen molar-refractivity contribution < 1.29 is 13.2 Å². The molecular formula is C27H29F3N. The molecule has 1 nitrogen and oxygen atoms in total. The molecule has 3 rings (SSSR count). The molecule has 31 heavy (non-hydrogen) atoms. The monoisotopic (exact) mass is 424 g/mol. The number of benzene rings is 3. The van der Waals surface area contributed by atoms with Crippen LogP contribution >= 0.6 is 0 Å². The van der Waals surface area contributed by atoms with Crippen molar-refractivity contribution >= 4 is 0 Å². The third kappa shape index (κ3) is 7.55. The minimum Gasteiger partial charge on any atom is -0.232 e. The van der Waals surface area contributed by atoms with Crippen molar-refractivity contribution in [2.24, 2.45) is 0 Å². The van der Waals surface area contributed by atoms with E-state index < -0.39 is 11.7 Å². The van der Waals surface area contributed by atoms with Gasteiger partial charge in [0.05, 0.1) is 5.56 Å². The summed E-state index contributed by atoms with van der Waals surface area (Å²) in [7, 11) is 0. The molecule has 0 aromatic heterocycles. The van der Waals surface area contributed by atoms with Crippen molar-refractivity contribution in [2.45, 2.75) is 58.3 Å². The maximum absolute atomic E-state index is 12.6. The zero-order valence-corrected chi connectivity index (χ0v) is 18.0. The van der Waals surface area contributed by atoms with Gasteiger partial charge < -0.3 is 0 Å². The molecule has 0 N–H and O–H groups in total. The Morgan fingerprint density at radius 2 is 0.968 bits per heavy atom. The van der Waals surface area contributed by atoms with Crippen LogP contribution in [0.15, 0.2) is 72.8 Å². The lowest BCUT2D eigenvalue weighted by atomic mass is 10.0. The predicted molar refractivity (Wildman–Crippen MR) is 120 cm³/mol. The summed E-state index contributed by atoms with van der Waals surface area (Å²) in [5, 5.41) is 4.48. The van der Waals surface area contributed by atoms with E-state index in [9.17, 15) is 13.2 Å². The second kappa shape index (κ2) is 11.1. The van der Waals surface area contributed by atoms with Gasteiger partial charge in [0.2, 0.25) is 0 Å². The predicted octanol–water partition coefficient (Wildman–Crippen LogP) is 7.14. The van der Waals surface area contributed by atoms with E-state index in [4.69, 9.17) is 0 Å². The van der Waals surface area contributed by atoms with Gasteiger partial charge in [0, 0.05) is 13.1 Å². The van der Waals surface area contributed by atoms with E-state index in [1.54, 1.807) is 0 Å². The Balaban J connectivity index is 1.41. The Kier molecular flexibility index (Phi) is 8.30. The van der Waals surface area contributed by atoms with Crippen LogP contribution in [0.3, 0.4) is 0 Å². The van der Waals surface area contributed by atoms with E-state index in [0.717, 1.165) is 42.5 Å². The molecule has 3 aromatic rings. The van der Waals surface area contributed by atoms with E-state index in [2.05, 4.69) is 60.8 Å². The fraction of sp³-hybridized carbons (Fsp3) is 0.333. The van der Waals surface area contributed by atoms with Crippen LogP contribution in [0.2, 0.25) is 0 Å². The molecule has 1 radical (unpaired) electrons. The molecule has 0 fully saturated rings. The number of alkyl halides is 3. The van der Waals surface area contributed by atoms with Gasteiger partial charge in [-0.25, -0.2) is 5.32 Å². The van der Waals surface area contributed by atoms with Gasteiger partial charge >= 0.3 is 6.18 Å². The fourth-order valence-electron chi connectivity index (χ4n) is 3.47. The summed E-state index contributed by atoms with van der Waals surface area (Å²) in [5.74, 6) is 0. The summed E-state index contributed by atoms with van der Waals surface area (Å²) in [5.41, 5.74) is 5.33. The van der Waals surface area contributed by atoms with E-state index >= 15 is 0 Å². The molecule has 3 aromatic carbocycles. The SMILES string of the molecule is CCCCc1ccc(CCc2ccc(C[N]Cc3ccc(C(F)(F)F)cc3)cc2)cc1. The Morgan fingerprint density at radius 1 is 0.581 bits per heavy atom. The maximum Gasteiger partial charge on any atom is 0.416 e. The van der Waals surface area contributed by atoms with Gasteiger partial charge in [-0.05, 0) is 65.6 Å². The van der Waals surface area contributed by atoms with E-state index in [1.165, 1.54) is 41.7 Å². The normalized spacial score (nSPS) is 11.6. The van der Waals surface area contributed by atoms with Gasteiger partial charge in [-0.3, -0.25) is 0 Å². The minimum atomic E-state index is -4.30. The molecule has 0 amide bonds. The van der Waals surface area contributed by atoms with Crippen molar-refractivity contribution in [3.05, 3.63) is 106 Å². The lowest BCUT2D eigenvalue weighted by Gasteiger charge is -2.08. The average molecular weight is 425 g/mol. The molecule has 0 bridgehead atoms. The van der Waals surface area contributed by atoms with Crippen LogP contribution in [-0.2, 0) is 38.5 Å². The van der Waals surface area contributed by atoms with Gasteiger partial charge in [-0.15, -0.1) is 0 Å². The number of rotatable bonds is 10. The van der Waals surface area contributed by atoms with E-state index in [1.807, 2.05) is 0 Å². The van der Waals surface area contributed by atoms with Crippen molar-refractivity contribution in [3.8, 4) is 0 Å². The first-order valence-electron chi connectivity index (χ1n) is 10.9. The maximum atomic E-state index is 12.6. The van der Waals surface area contributed by atoms with Crippen LogP contribution in [0.25, 0.3) is 0 Å². The fourth-order valence-corrected chi connectivity index (χ4v) is 3.47. The Labute approximate surface area is 183 Å². The van der Waals surface area contributed by atoms with E-state index in [0.29, 0.717) is 13.1 Å². The van der Waals surface area contributed by atoms with Crippen LogP contribution < -0.4 is 5.32 Å². The molecule has 0 saturated heterocycles. The van der Waals surface area contributed by atoms with Gasteiger partial charge in [0.25, 0.3) is 0 Å². The van der Waals surface area contributed by atoms with Crippen molar-refractivity contribution in [1.29, 1.82) is 0 Å². The standard InChI is InChI=1S/C27H29F3N/c1-2-3-4-21-5-7-22(8-6-21)9-10-23-11-13-24(14-12-23)19-31-20-25-15-17-26(18-16-25)27(28,29)30/h5-8,11-18H,2-4,9-10,19-20H2,1H3.